The van der Waals surface area contributed by atoms with Crippen molar-refractivity contribution in [1.29, 1.82) is 5.41 Å². The van der Waals surface area contributed by atoms with Gasteiger partial charge in [0.15, 0.2) is 0 Å². The largest absolute Gasteiger partial charge is 0.371 e. The molecule has 0 radical (unpaired) electrons. The van der Waals surface area contributed by atoms with E-state index in [9.17, 15) is 0 Å². The summed E-state index contributed by atoms with van der Waals surface area (Å²) in [6.07, 6.45) is 4.55. The quantitative estimate of drug-likeness (QED) is 0.543. The lowest BCUT2D eigenvalue weighted by molar-refractivity contribution is 0.0936. The Labute approximate surface area is 86.9 Å². The SMILES string of the molecule is CCCC(OCC)C(=N)N1CCCC1. The number of hydrogen-bond acceptors (Lipinski definition) is 2. The van der Waals surface area contributed by atoms with E-state index in [0.717, 1.165) is 25.9 Å². The van der Waals surface area contributed by atoms with Gasteiger partial charge in [-0.05, 0) is 26.2 Å². The Bertz CT molecular complexity index is 170. The predicted octanol–water partition coefficient (Wildman–Crippen LogP) is 2.26. The second-order valence-electron chi connectivity index (χ2n) is 3.81. The van der Waals surface area contributed by atoms with Crippen molar-refractivity contribution in [3.8, 4) is 0 Å². The molecule has 1 rings (SSSR count). The molecule has 1 saturated heterocycles. The first-order valence-electron chi connectivity index (χ1n) is 5.74. The number of amidine groups is 1. The number of nitrogens with zero attached hydrogens (tertiary/aromatic N) is 1. The van der Waals surface area contributed by atoms with Gasteiger partial charge in [0.05, 0.1) is 0 Å². The molecule has 0 bridgehead atoms. The second kappa shape index (κ2) is 6.02. The molecule has 0 aromatic rings. The lowest BCUT2D eigenvalue weighted by Crippen LogP contribution is -2.38. The summed E-state index contributed by atoms with van der Waals surface area (Å²) in [7, 11) is 0. The number of likely N-dealkylation sites (tertiary alicyclic amines) is 1. The van der Waals surface area contributed by atoms with Crippen molar-refractivity contribution < 1.29 is 4.74 Å². The molecule has 0 amide bonds. The second-order valence-corrected chi connectivity index (χ2v) is 3.81. The molecule has 14 heavy (non-hydrogen) atoms. The molecule has 1 atom stereocenters. The van der Waals surface area contributed by atoms with Crippen molar-refractivity contribution in [2.75, 3.05) is 19.7 Å². The van der Waals surface area contributed by atoms with Crippen LogP contribution < -0.4 is 0 Å². The molecule has 0 aromatic heterocycles. The van der Waals surface area contributed by atoms with Gasteiger partial charge in [0.2, 0.25) is 0 Å². The Balaban J connectivity index is 2.43. The number of nitrogens with one attached hydrogen (secondary N) is 1. The maximum absolute atomic E-state index is 8.05. The molecule has 3 heteroatoms. The third-order valence-corrected chi connectivity index (χ3v) is 2.67. The zero-order valence-electron chi connectivity index (χ0n) is 9.38. The van der Waals surface area contributed by atoms with Gasteiger partial charge in [0.25, 0.3) is 0 Å². The molecule has 0 aliphatic carbocycles. The zero-order valence-corrected chi connectivity index (χ0v) is 9.38. The number of rotatable bonds is 5. The van der Waals surface area contributed by atoms with Gasteiger partial charge >= 0.3 is 0 Å². The van der Waals surface area contributed by atoms with Crippen molar-refractivity contribution in [2.45, 2.75) is 45.6 Å². The molecule has 82 valence electrons. The highest BCUT2D eigenvalue weighted by Crippen LogP contribution is 2.13. The molecular formula is C11H22N2O. The Morgan fingerprint density at radius 1 is 1.36 bits per heavy atom. The Kier molecular flexibility index (Phi) is 4.94. The van der Waals surface area contributed by atoms with Crippen LogP contribution in [0.15, 0.2) is 0 Å². The van der Waals surface area contributed by atoms with Crippen LogP contribution in [0.25, 0.3) is 0 Å². The first-order chi connectivity index (χ1) is 6.79. The standard InChI is InChI=1S/C11H22N2O/c1-3-7-10(14-4-2)11(12)13-8-5-6-9-13/h10,12H,3-9H2,1-2H3. The summed E-state index contributed by atoms with van der Waals surface area (Å²) in [5.41, 5.74) is 0. The lowest BCUT2D eigenvalue weighted by Gasteiger charge is -2.25. The smallest absolute Gasteiger partial charge is 0.126 e. The molecule has 3 nitrogen and oxygen atoms in total. The normalized spacial score (nSPS) is 18.6. The van der Waals surface area contributed by atoms with Crippen LogP contribution in [-0.4, -0.2) is 36.5 Å². The van der Waals surface area contributed by atoms with E-state index in [1.54, 1.807) is 0 Å². The van der Waals surface area contributed by atoms with Gasteiger partial charge in [-0.25, -0.2) is 0 Å². The first-order valence-corrected chi connectivity index (χ1v) is 5.74. The molecule has 1 N–H and O–H groups in total. The molecule has 1 aliphatic rings. The van der Waals surface area contributed by atoms with Gasteiger partial charge in [-0.1, -0.05) is 13.3 Å². The van der Waals surface area contributed by atoms with Crippen LogP contribution in [0.2, 0.25) is 0 Å². The van der Waals surface area contributed by atoms with Crippen LogP contribution in [-0.2, 0) is 4.74 Å². The van der Waals surface area contributed by atoms with E-state index in [1.807, 2.05) is 6.92 Å². The molecule has 1 unspecified atom stereocenters. The summed E-state index contributed by atoms with van der Waals surface area (Å²) in [5, 5.41) is 8.05. The third-order valence-electron chi connectivity index (χ3n) is 2.67. The number of ether oxygens (including phenoxy) is 1. The maximum atomic E-state index is 8.05. The summed E-state index contributed by atoms with van der Waals surface area (Å²) in [6.45, 7) is 6.95. The van der Waals surface area contributed by atoms with Gasteiger partial charge in [-0.15, -0.1) is 0 Å². The third kappa shape index (κ3) is 2.98. The molecule has 0 aromatic carbocycles. The van der Waals surface area contributed by atoms with Crippen LogP contribution in [0, 0.1) is 5.41 Å². The molecule has 1 heterocycles. The molecule has 0 saturated carbocycles. The minimum atomic E-state index is 0.0306. The minimum Gasteiger partial charge on any atom is -0.371 e. The highest BCUT2D eigenvalue weighted by Gasteiger charge is 2.22. The van der Waals surface area contributed by atoms with Gasteiger partial charge < -0.3 is 9.64 Å². The van der Waals surface area contributed by atoms with Crippen LogP contribution in [0.4, 0.5) is 0 Å². The minimum absolute atomic E-state index is 0.0306. The van der Waals surface area contributed by atoms with Crippen molar-refractivity contribution in [3.05, 3.63) is 0 Å². The highest BCUT2D eigenvalue weighted by atomic mass is 16.5. The van der Waals surface area contributed by atoms with Crippen molar-refractivity contribution in [3.63, 3.8) is 0 Å². The van der Waals surface area contributed by atoms with Crippen LogP contribution in [0.1, 0.15) is 39.5 Å². The fraction of sp³-hybridized carbons (Fsp3) is 0.909. The summed E-state index contributed by atoms with van der Waals surface area (Å²) >= 11 is 0. The summed E-state index contributed by atoms with van der Waals surface area (Å²) in [5.74, 6) is 0.700. The van der Waals surface area contributed by atoms with E-state index in [1.165, 1.54) is 12.8 Å². The zero-order chi connectivity index (χ0) is 10.4. The molecular weight excluding hydrogens is 176 g/mol. The van der Waals surface area contributed by atoms with Gasteiger partial charge in [-0.2, -0.15) is 0 Å². The molecule has 0 spiro atoms. The van der Waals surface area contributed by atoms with Gasteiger partial charge in [-0.3, -0.25) is 5.41 Å². The van der Waals surface area contributed by atoms with Crippen LogP contribution in [0.5, 0.6) is 0 Å². The topological polar surface area (TPSA) is 36.3 Å². The van der Waals surface area contributed by atoms with Crippen LogP contribution in [0.3, 0.4) is 0 Å². The monoisotopic (exact) mass is 198 g/mol. The van der Waals surface area contributed by atoms with E-state index in [2.05, 4.69) is 11.8 Å². The maximum Gasteiger partial charge on any atom is 0.126 e. The van der Waals surface area contributed by atoms with Gasteiger partial charge in [0.1, 0.15) is 11.9 Å². The van der Waals surface area contributed by atoms with E-state index in [-0.39, 0.29) is 6.10 Å². The van der Waals surface area contributed by atoms with Gasteiger partial charge in [0, 0.05) is 19.7 Å². The van der Waals surface area contributed by atoms with E-state index >= 15 is 0 Å². The fourth-order valence-corrected chi connectivity index (χ4v) is 1.92. The van der Waals surface area contributed by atoms with Crippen molar-refractivity contribution in [1.82, 2.24) is 4.90 Å². The summed E-state index contributed by atoms with van der Waals surface area (Å²) in [4.78, 5) is 2.16. The van der Waals surface area contributed by atoms with E-state index in [0.29, 0.717) is 12.4 Å². The van der Waals surface area contributed by atoms with Crippen LogP contribution >= 0.6 is 0 Å². The Hall–Kier alpha value is -0.570. The fourth-order valence-electron chi connectivity index (χ4n) is 1.92. The number of hydrogen-bond donors (Lipinski definition) is 1. The molecule has 1 fully saturated rings. The van der Waals surface area contributed by atoms with E-state index < -0.39 is 0 Å². The lowest BCUT2D eigenvalue weighted by atomic mass is 10.2. The molecule has 1 aliphatic heterocycles. The Morgan fingerprint density at radius 2 is 2.00 bits per heavy atom. The average molecular weight is 198 g/mol. The predicted molar refractivity (Wildman–Crippen MR) is 58.9 cm³/mol. The highest BCUT2D eigenvalue weighted by molar-refractivity contribution is 5.83. The first kappa shape index (κ1) is 11.5. The van der Waals surface area contributed by atoms with Crippen molar-refractivity contribution >= 4 is 5.84 Å². The van der Waals surface area contributed by atoms with E-state index in [4.69, 9.17) is 10.1 Å². The average Bonchev–Trinajstić information content (AvgIpc) is 2.69. The Morgan fingerprint density at radius 3 is 2.50 bits per heavy atom. The van der Waals surface area contributed by atoms with Crippen molar-refractivity contribution in [2.24, 2.45) is 0 Å². The summed E-state index contributed by atoms with van der Waals surface area (Å²) in [6, 6.07) is 0. The summed E-state index contributed by atoms with van der Waals surface area (Å²) < 4.78 is 5.59.